The maximum atomic E-state index is 12.8. The normalized spacial score (nSPS) is 21.1. The van der Waals surface area contributed by atoms with Crippen LogP contribution in [0.25, 0.3) is 0 Å². The van der Waals surface area contributed by atoms with Gasteiger partial charge in [0.25, 0.3) is 10.0 Å². The van der Waals surface area contributed by atoms with Crippen LogP contribution in [0.2, 0.25) is 0 Å². The van der Waals surface area contributed by atoms with Crippen LogP contribution in [0.1, 0.15) is 31.2 Å². The first kappa shape index (κ1) is 17.3. The van der Waals surface area contributed by atoms with Crippen molar-refractivity contribution in [3.63, 3.8) is 0 Å². The van der Waals surface area contributed by atoms with E-state index in [1.54, 1.807) is 4.31 Å². The number of nitrogens with one attached hydrogen (secondary N) is 1. The lowest BCUT2D eigenvalue weighted by Gasteiger charge is -2.31. The second kappa shape index (κ2) is 7.00. The van der Waals surface area contributed by atoms with Crippen LogP contribution < -0.4 is 5.32 Å². The summed E-state index contributed by atoms with van der Waals surface area (Å²) in [6.45, 7) is 9.51. The van der Waals surface area contributed by atoms with E-state index >= 15 is 0 Å². The molecule has 1 atom stereocenters. The zero-order valence-corrected chi connectivity index (χ0v) is 15.5. The van der Waals surface area contributed by atoms with Crippen molar-refractivity contribution in [3.05, 3.63) is 16.5 Å². The Morgan fingerprint density at radius 3 is 2.81 bits per heavy atom. The number of thiophene rings is 1. The third-order valence-corrected chi connectivity index (χ3v) is 8.43. The molecular formula is C14H24N2O2S3. The second-order valence-electron chi connectivity index (χ2n) is 5.75. The fourth-order valence-electron chi connectivity index (χ4n) is 2.27. The first-order valence-corrected chi connectivity index (χ1v) is 10.7. The maximum Gasteiger partial charge on any atom is 0.252 e. The molecule has 1 fully saturated rings. The summed E-state index contributed by atoms with van der Waals surface area (Å²) in [6, 6.07) is 2.30. The third kappa shape index (κ3) is 4.01. The summed E-state index contributed by atoms with van der Waals surface area (Å²) in [5.41, 5.74) is 1.06. The highest BCUT2D eigenvalue weighted by molar-refractivity contribution is 7.99. The predicted molar refractivity (Wildman–Crippen MR) is 91.7 cm³/mol. The van der Waals surface area contributed by atoms with Crippen molar-refractivity contribution in [3.8, 4) is 0 Å². The molecule has 2 heterocycles. The number of hydrogen-bond acceptors (Lipinski definition) is 5. The first-order valence-electron chi connectivity index (χ1n) is 7.24. The Morgan fingerprint density at radius 2 is 2.19 bits per heavy atom. The summed E-state index contributed by atoms with van der Waals surface area (Å²) in [5.74, 6) is 1.76. The van der Waals surface area contributed by atoms with Crippen LogP contribution >= 0.6 is 23.1 Å². The van der Waals surface area contributed by atoms with Crippen LogP contribution in [0.3, 0.4) is 0 Å². The lowest BCUT2D eigenvalue weighted by atomic mass is 10.3. The minimum atomic E-state index is -3.34. The van der Waals surface area contributed by atoms with Crippen LogP contribution in [0.4, 0.5) is 0 Å². The molecule has 1 aromatic rings. The average Bonchev–Trinajstić information content (AvgIpc) is 2.79. The quantitative estimate of drug-likeness (QED) is 0.889. The molecule has 2 rings (SSSR count). The Kier molecular flexibility index (Phi) is 5.76. The minimum Gasteiger partial charge on any atom is -0.310 e. The molecule has 0 bridgehead atoms. The molecule has 1 N–H and O–H groups in total. The van der Waals surface area contributed by atoms with E-state index in [1.165, 1.54) is 11.3 Å². The molecule has 4 nitrogen and oxygen atoms in total. The molecule has 0 radical (unpaired) electrons. The van der Waals surface area contributed by atoms with Gasteiger partial charge in [-0.3, -0.25) is 0 Å². The van der Waals surface area contributed by atoms with E-state index in [-0.39, 0.29) is 6.04 Å². The van der Waals surface area contributed by atoms with Gasteiger partial charge in [0.15, 0.2) is 0 Å². The number of sulfonamides is 1. The fraction of sp³-hybridized carbons (Fsp3) is 0.714. The molecule has 7 heteroatoms. The van der Waals surface area contributed by atoms with Gasteiger partial charge in [-0.2, -0.15) is 16.1 Å². The number of nitrogens with zero attached hydrogens (tertiary/aromatic N) is 1. The third-order valence-electron chi connectivity index (χ3n) is 3.54. The van der Waals surface area contributed by atoms with Gasteiger partial charge in [0.2, 0.25) is 0 Å². The zero-order chi connectivity index (χ0) is 15.6. The highest BCUT2D eigenvalue weighted by Crippen LogP contribution is 2.31. The fourth-order valence-corrected chi connectivity index (χ4v) is 6.80. The van der Waals surface area contributed by atoms with Gasteiger partial charge >= 0.3 is 0 Å². The SMILES string of the molecule is Cc1cc(S(=O)(=O)N2CCSCC2C)sc1CNC(C)C. The minimum absolute atomic E-state index is 0.0772. The molecule has 1 aliphatic heterocycles. The highest BCUT2D eigenvalue weighted by Gasteiger charge is 2.32. The molecule has 21 heavy (non-hydrogen) atoms. The Labute approximate surface area is 136 Å². The highest BCUT2D eigenvalue weighted by atomic mass is 32.2. The molecule has 1 aromatic heterocycles. The molecular weight excluding hydrogens is 324 g/mol. The Hall–Kier alpha value is -0.0800. The lowest BCUT2D eigenvalue weighted by Crippen LogP contribution is -2.44. The van der Waals surface area contributed by atoms with E-state index < -0.39 is 10.0 Å². The Balaban J connectivity index is 2.22. The molecule has 0 amide bonds. The summed E-state index contributed by atoms with van der Waals surface area (Å²) >= 11 is 3.23. The van der Waals surface area contributed by atoms with Gasteiger partial charge in [0, 0.05) is 41.6 Å². The van der Waals surface area contributed by atoms with Gasteiger partial charge in [-0.25, -0.2) is 8.42 Å². The van der Waals surface area contributed by atoms with Crippen molar-refractivity contribution < 1.29 is 8.42 Å². The van der Waals surface area contributed by atoms with Crippen molar-refractivity contribution in [2.24, 2.45) is 0 Å². The van der Waals surface area contributed by atoms with Crippen LogP contribution in [0.5, 0.6) is 0 Å². The maximum absolute atomic E-state index is 12.8. The lowest BCUT2D eigenvalue weighted by molar-refractivity contribution is 0.368. The largest absolute Gasteiger partial charge is 0.310 e. The van der Waals surface area contributed by atoms with E-state index in [0.717, 1.165) is 28.5 Å². The Morgan fingerprint density at radius 1 is 1.48 bits per heavy atom. The zero-order valence-electron chi connectivity index (χ0n) is 13.0. The summed E-state index contributed by atoms with van der Waals surface area (Å²) in [7, 11) is -3.34. The molecule has 0 saturated carbocycles. The number of thioether (sulfide) groups is 1. The van der Waals surface area contributed by atoms with Crippen molar-refractivity contribution in [2.75, 3.05) is 18.1 Å². The number of aryl methyl sites for hydroxylation is 1. The standard InChI is InChI=1S/C14H24N2O2S3/c1-10(2)15-8-13-11(3)7-14(20-13)21(17,18)16-5-6-19-9-12(16)4/h7,10,12,15H,5-6,8-9H2,1-4H3. The summed E-state index contributed by atoms with van der Waals surface area (Å²) in [4.78, 5) is 1.11. The van der Waals surface area contributed by atoms with E-state index in [9.17, 15) is 8.42 Å². The van der Waals surface area contributed by atoms with E-state index in [1.807, 2.05) is 31.7 Å². The summed E-state index contributed by atoms with van der Waals surface area (Å²) in [5, 5.41) is 3.35. The van der Waals surface area contributed by atoms with E-state index in [2.05, 4.69) is 19.2 Å². The van der Waals surface area contributed by atoms with Gasteiger partial charge in [-0.1, -0.05) is 13.8 Å². The van der Waals surface area contributed by atoms with Crippen LogP contribution in [-0.2, 0) is 16.6 Å². The van der Waals surface area contributed by atoms with Gasteiger partial charge in [-0.05, 0) is 25.5 Å². The molecule has 0 spiro atoms. The van der Waals surface area contributed by atoms with Crippen LogP contribution in [0.15, 0.2) is 10.3 Å². The van der Waals surface area contributed by atoms with Crippen molar-refractivity contribution in [1.29, 1.82) is 0 Å². The second-order valence-corrected chi connectivity index (χ2v) is 10.2. The monoisotopic (exact) mass is 348 g/mol. The average molecular weight is 349 g/mol. The Bertz CT molecular complexity index is 581. The smallest absolute Gasteiger partial charge is 0.252 e. The summed E-state index contributed by atoms with van der Waals surface area (Å²) < 4.78 is 27.8. The van der Waals surface area contributed by atoms with Gasteiger partial charge < -0.3 is 5.32 Å². The van der Waals surface area contributed by atoms with Crippen molar-refractivity contribution in [2.45, 2.75) is 50.5 Å². The molecule has 1 unspecified atom stereocenters. The number of hydrogen-bond donors (Lipinski definition) is 1. The van der Waals surface area contributed by atoms with Crippen LogP contribution in [0, 0.1) is 6.92 Å². The molecule has 120 valence electrons. The number of rotatable bonds is 5. The summed E-state index contributed by atoms with van der Waals surface area (Å²) in [6.07, 6.45) is 0. The van der Waals surface area contributed by atoms with Gasteiger partial charge in [0.05, 0.1) is 0 Å². The van der Waals surface area contributed by atoms with Crippen molar-refractivity contribution in [1.82, 2.24) is 9.62 Å². The topological polar surface area (TPSA) is 49.4 Å². The van der Waals surface area contributed by atoms with Gasteiger partial charge in [-0.15, -0.1) is 11.3 Å². The van der Waals surface area contributed by atoms with E-state index in [0.29, 0.717) is 16.8 Å². The van der Waals surface area contributed by atoms with Crippen LogP contribution in [-0.4, -0.2) is 42.9 Å². The molecule has 1 saturated heterocycles. The molecule has 0 aromatic carbocycles. The first-order chi connectivity index (χ1) is 9.82. The van der Waals surface area contributed by atoms with E-state index in [4.69, 9.17) is 0 Å². The van der Waals surface area contributed by atoms with Crippen molar-refractivity contribution >= 4 is 33.1 Å². The molecule has 0 aliphatic carbocycles. The van der Waals surface area contributed by atoms with Gasteiger partial charge in [0.1, 0.15) is 4.21 Å². The molecule has 1 aliphatic rings. The predicted octanol–water partition coefficient (Wildman–Crippen LogP) is 2.68.